The molecule has 2 aliphatic rings. The summed E-state index contributed by atoms with van der Waals surface area (Å²) in [4.78, 5) is 37.5. The van der Waals surface area contributed by atoms with Crippen LogP contribution in [0.2, 0.25) is 0 Å². The Morgan fingerprint density at radius 1 is 1.41 bits per heavy atom. The summed E-state index contributed by atoms with van der Waals surface area (Å²) in [5.41, 5.74) is 5.46. The van der Waals surface area contributed by atoms with E-state index in [1.807, 2.05) is 13.8 Å². The Bertz CT molecular complexity index is 665. The number of nitrogens with zero attached hydrogens (tertiary/aromatic N) is 3. The molecule has 1 saturated heterocycles. The number of nitrogens with one attached hydrogen (secondary N) is 1. The van der Waals surface area contributed by atoms with Crippen molar-refractivity contribution in [1.82, 2.24) is 20.0 Å². The second-order valence-corrected chi connectivity index (χ2v) is 6.38. The van der Waals surface area contributed by atoms with Crippen LogP contribution in [0.5, 0.6) is 0 Å². The molecule has 22 heavy (non-hydrogen) atoms. The molecule has 8 heteroatoms. The van der Waals surface area contributed by atoms with Crippen LogP contribution in [0, 0.1) is 5.41 Å². The van der Waals surface area contributed by atoms with E-state index >= 15 is 0 Å². The summed E-state index contributed by atoms with van der Waals surface area (Å²) in [5, 5.41) is 6.59. The molecule has 118 valence electrons. The van der Waals surface area contributed by atoms with Crippen molar-refractivity contribution >= 4 is 17.7 Å². The van der Waals surface area contributed by atoms with Crippen LogP contribution in [0.4, 0.5) is 0 Å². The molecule has 2 aliphatic heterocycles. The van der Waals surface area contributed by atoms with E-state index in [-0.39, 0.29) is 36.5 Å². The molecule has 0 aliphatic carbocycles. The fourth-order valence-electron chi connectivity index (χ4n) is 3.14. The Hall–Kier alpha value is -2.22. The summed E-state index contributed by atoms with van der Waals surface area (Å²) < 4.78 is 1.64. The van der Waals surface area contributed by atoms with Gasteiger partial charge >= 0.3 is 0 Å². The molecule has 3 amide bonds. The number of rotatable bonds is 2. The molecular formula is C14H19N5O3. The number of imide groups is 1. The van der Waals surface area contributed by atoms with Crippen molar-refractivity contribution in [3.8, 4) is 0 Å². The molecule has 1 unspecified atom stereocenters. The maximum Gasteiger partial charge on any atom is 0.269 e. The molecule has 1 aromatic heterocycles. The SMILES string of the molecule is CC(C)N1Cc2cc(C(N)=O)nn2CC2(CC(=O)NC2=O)C1. The van der Waals surface area contributed by atoms with Crippen LogP contribution in [0.25, 0.3) is 0 Å². The maximum atomic E-state index is 12.3. The molecule has 0 aromatic carbocycles. The number of primary amides is 1. The Morgan fingerprint density at radius 2 is 2.14 bits per heavy atom. The molecule has 0 radical (unpaired) electrons. The van der Waals surface area contributed by atoms with Gasteiger partial charge in [-0.15, -0.1) is 0 Å². The highest BCUT2D eigenvalue weighted by molar-refractivity contribution is 6.06. The first kappa shape index (κ1) is 14.7. The zero-order valence-corrected chi connectivity index (χ0v) is 12.6. The second kappa shape index (κ2) is 4.91. The Kier molecular flexibility index (Phi) is 3.28. The summed E-state index contributed by atoms with van der Waals surface area (Å²) in [7, 11) is 0. The van der Waals surface area contributed by atoms with Crippen LogP contribution in [-0.4, -0.2) is 45.0 Å². The lowest BCUT2D eigenvalue weighted by Crippen LogP contribution is -2.45. The van der Waals surface area contributed by atoms with Crippen LogP contribution in [0.15, 0.2) is 6.07 Å². The average Bonchev–Trinajstić information content (AvgIpc) is 2.86. The van der Waals surface area contributed by atoms with E-state index in [0.29, 0.717) is 13.1 Å². The number of hydrogen-bond acceptors (Lipinski definition) is 5. The zero-order chi connectivity index (χ0) is 16.1. The van der Waals surface area contributed by atoms with E-state index in [1.54, 1.807) is 10.7 Å². The fraction of sp³-hybridized carbons (Fsp3) is 0.571. The number of amides is 3. The molecule has 0 saturated carbocycles. The minimum Gasteiger partial charge on any atom is -0.364 e. The fourth-order valence-corrected chi connectivity index (χ4v) is 3.14. The van der Waals surface area contributed by atoms with Crippen molar-refractivity contribution in [2.45, 2.75) is 39.4 Å². The van der Waals surface area contributed by atoms with Crippen molar-refractivity contribution in [2.24, 2.45) is 11.1 Å². The largest absolute Gasteiger partial charge is 0.364 e. The number of carbonyl (C=O) groups is 3. The third-order valence-corrected chi connectivity index (χ3v) is 4.40. The van der Waals surface area contributed by atoms with E-state index in [4.69, 9.17) is 5.73 Å². The molecule has 1 aromatic rings. The van der Waals surface area contributed by atoms with Crippen LogP contribution in [-0.2, 0) is 22.7 Å². The first-order valence-corrected chi connectivity index (χ1v) is 7.25. The highest BCUT2D eigenvalue weighted by Crippen LogP contribution is 2.35. The van der Waals surface area contributed by atoms with E-state index in [0.717, 1.165) is 5.69 Å². The predicted molar refractivity (Wildman–Crippen MR) is 76.5 cm³/mol. The summed E-state index contributed by atoms with van der Waals surface area (Å²) in [6.07, 6.45) is 0.139. The summed E-state index contributed by atoms with van der Waals surface area (Å²) in [6, 6.07) is 1.85. The number of carbonyl (C=O) groups excluding carboxylic acids is 3. The summed E-state index contributed by atoms with van der Waals surface area (Å²) in [5.74, 6) is -1.13. The van der Waals surface area contributed by atoms with E-state index in [1.165, 1.54) is 0 Å². The van der Waals surface area contributed by atoms with Gasteiger partial charge in [0.1, 0.15) is 5.69 Å². The van der Waals surface area contributed by atoms with Gasteiger partial charge in [-0.1, -0.05) is 0 Å². The summed E-state index contributed by atoms with van der Waals surface area (Å²) >= 11 is 0. The normalized spacial score (nSPS) is 25.4. The molecule has 8 nitrogen and oxygen atoms in total. The highest BCUT2D eigenvalue weighted by Gasteiger charge is 2.50. The van der Waals surface area contributed by atoms with Crippen molar-refractivity contribution in [2.75, 3.05) is 6.54 Å². The van der Waals surface area contributed by atoms with Gasteiger partial charge in [-0.05, 0) is 19.9 Å². The first-order chi connectivity index (χ1) is 10.3. The third kappa shape index (κ3) is 2.29. The van der Waals surface area contributed by atoms with Gasteiger partial charge in [0.2, 0.25) is 11.8 Å². The van der Waals surface area contributed by atoms with Gasteiger partial charge in [-0.2, -0.15) is 5.10 Å². The predicted octanol–water partition coefficient (Wildman–Crippen LogP) is -0.761. The number of fused-ring (bicyclic) bond motifs is 1. The van der Waals surface area contributed by atoms with E-state index < -0.39 is 11.3 Å². The monoisotopic (exact) mass is 305 g/mol. The van der Waals surface area contributed by atoms with Gasteiger partial charge in [-0.3, -0.25) is 29.3 Å². The standard InChI is InChI=1S/C14H19N5O3/c1-8(2)18-5-9-3-10(12(15)21)17-19(9)7-14(6-18)4-11(20)16-13(14)22/h3,8H,4-7H2,1-2H3,(H2,15,21)(H,16,20,22). The Morgan fingerprint density at radius 3 is 2.68 bits per heavy atom. The van der Waals surface area contributed by atoms with Gasteiger partial charge in [-0.25, -0.2) is 0 Å². The maximum absolute atomic E-state index is 12.3. The number of nitrogens with two attached hydrogens (primary N) is 1. The molecule has 0 bridgehead atoms. The molecule has 3 heterocycles. The lowest BCUT2D eigenvalue weighted by Gasteiger charge is -2.31. The third-order valence-electron chi connectivity index (χ3n) is 4.40. The smallest absolute Gasteiger partial charge is 0.269 e. The van der Waals surface area contributed by atoms with Crippen LogP contribution in [0.3, 0.4) is 0 Å². The molecule has 1 atom stereocenters. The van der Waals surface area contributed by atoms with Crippen LogP contribution < -0.4 is 11.1 Å². The molecule has 3 N–H and O–H groups in total. The van der Waals surface area contributed by atoms with Gasteiger partial charge in [0.05, 0.1) is 17.7 Å². The average molecular weight is 305 g/mol. The van der Waals surface area contributed by atoms with Crippen molar-refractivity contribution < 1.29 is 14.4 Å². The summed E-state index contributed by atoms with van der Waals surface area (Å²) in [6.45, 7) is 5.38. The minimum atomic E-state index is -0.840. The molecule has 1 spiro atoms. The Labute approximate surface area is 127 Å². The van der Waals surface area contributed by atoms with Crippen LogP contribution >= 0.6 is 0 Å². The first-order valence-electron chi connectivity index (χ1n) is 7.25. The van der Waals surface area contributed by atoms with Gasteiger partial charge in [0.15, 0.2) is 0 Å². The molecular weight excluding hydrogens is 286 g/mol. The number of aromatic nitrogens is 2. The van der Waals surface area contributed by atoms with Gasteiger partial charge < -0.3 is 5.73 Å². The van der Waals surface area contributed by atoms with Crippen molar-refractivity contribution in [1.29, 1.82) is 0 Å². The van der Waals surface area contributed by atoms with E-state index in [9.17, 15) is 14.4 Å². The second-order valence-electron chi connectivity index (χ2n) is 6.38. The minimum absolute atomic E-state index is 0.139. The lowest BCUT2D eigenvalue weighted by molar-refractivity contribution is -0.130. The topological polar surface area (TPSA) is 110 Å². The zero-order valence-electron chi connectivity index (χ0n) is 12.6. The van der Waals surface area contributed by atoms with Crippen molar-refractivity contribution in [3.05, 3.63) is 17.5 Å². The van der Waals surface area contributed by atoms with Gasteiger partial charge in [0.25, 0.3) is 5.91 Å². The van der Waals surface area contributed by atoms with Crippen molar-refractivity contribution in [3.63, 3.8) is 0 Å². The molecule has 1 fully saturated rings. The Balaban J connectivity index is 2.05. The van der Waals surface area contributed by atoms with Gasteiger partial charge in [0, 0.05) is 25.6 Å². The quantitative estimate of drug-likeness (QED) is 0.698. The van der Waals surface area contributed by atoms with E-state index in [2.05, 4.69) is 15.3 Å². The van der Waals surface area contributed by atoms with Crippen LogP contribution in [0.1, 0.15) is 36.5 Å². The highest BCUT2D eigenvalue weighted by atomic mass is 16.2. The molecule has 3 rings (SSSR count). The number of hydrogen-bond donors (Lipinski definition) is 2. The lowest BCUT2D eigenvalue weighted by atomic mass is 9.85.